The molecule has 2 aromatic carbocycles. The van der Waals surface area contributed by atoms with Crippen LogP contribution in [-0.4, -0.2) is 6.04 Å². The fourth-order valence-corrected chi connectivity index (χ4v) is 4.03. The minimum atomic E-state index is 0.268. The van der Waals surface area contributed by atoms with Gasteiger partial charge < -0.3 is 5.32 Å². The van der Waals surface area contributed by atoms with Gasteiger partial charge in [-0.3, -0.25) is 0 Å². The van der Waals surface area contributed by atoms with E-state index >= 15 is 0 Å². The molecule has 2 unspecified atom stereocenters. The molecule has 0 fully saturated rings. The molecule has 1 N–H and O–H groups in total. The molecule has 0 saturated heterocycles. The molecular weight excluding hydrogens is 413 g/mol. The zero-order valence-corrected chi connectivity index (χ0v) is 16.0. The van der Waals surface area contributed by atoms with E-state index in [4.69, 9.17) is 11.6 Å². The Morgan fingerprint density at radius 1 is 1.10 bits per heavy atom. The van der Waals surface area contributed by atoms with Gasteiger partial charge in [0.1, 0.15) is 0 Å². The van der Waals surface area contributed by atoms with Crippen molar-refractivity contribution in [1.29, 1.82) is 0 Å². The summed E-state index contributed by atoms with van der Waals surface area (Å²) in [6.07, 6.45) is 0.915. The Bertz CT molecular complexity index is 615. The van der Waals surface area contributed by atoms with Crippen molar-refractivity contribution in [2.45, 2.75) is 32.4 Å². The lowest BCUT2D eigenvalue weighted by molar-refractivity contribution is 0.476. The van der Waals surface area contributed by atoms with E-state index in [1.165, 1.54) is 11.1 Å². The lowest BCUT2D eigenvalue weighted by Gasteiger charge is -2.22. The SMILES string of the molecule is CC(Cc1ccccc1Cl)NC(C)c1ccc(Br)cc1Br. The highest BCUT2D eigenvalue weighted by molar-refractivity contribution is 9.11. The summed E-state index contributed by atoms with van der Waals surface area (Å²) >= 11 is 13.3. The van der Waals surface area contributed by atoms with Crippen LogP contribution in [-0.2, 0) is 6.42 Å². The van der Waals surface area contributed by atoms with Crippen molar-refractivity contribution >= 4 is 43.5 Å². The van der Waals surface area contributed by atoms with Crippen LogP contribution in [0.25, 0.3) is 0 Å². The summed E-state index contributed by atoms with van der Waals surface area (Å²) in [4.78, 5) is 0. The summed E-state index contributed by atoms with van der Waals surface area (Å²) in [5.41, 5.74) is 2.44. The molecule has 4 heteroatoms. The van der Waals surface area contributed by atoms with Crippen molar-refractivity contribution in [3.05, 3.63) is 67.6 Å². The van der Waals surface area contributed by atoms with Crippen LogP contribution >= 0.6 is 43.5 Å². The minimum absolute atomic E-state index is 0.268. The third kappa shape index (κ3) is 4.82. The Labute approximate surface area is 148 Å². The Balaban J connectivity index is 2.02. The smallest absolute Gasteiger partial charge is 0.0438 e. The highest BCUT2D eigenvalue weighted by Crippen LogP contribution is 2.27. The molecule has 0 spiro atoms. The molecule has 0 radical (unpaired) electrons. The minimum Gasteiger partial charge on any atom is -0.307 e. The van der Waals surface area contributed by atoms with Gasteiger partial charge in [0.15, 0.2) is 0 Å². The van der Waals surface area contributed by atoms with Crippen LogP contribution in [0.5, 0.6) is 0 Å². The lowest BCUT2D eigenvalue weighted by Crippen LogP contribution is -2.31. The molecule has 0 aliphatic heterocycles. The average Bonchev–Trinajstić information content (AvgIpc) is 2.41. The van der Waals surface area contributed by atoms with Crippen LogP contribution in [0.4, 0.5) is 0 Å². The lowest BCUT2D eigenvalue weighted by atomic mass is 10.0. The molecule has 0 saturated carbocycles. The maximum Gasteiger partial charge on any atom is 0.0438 e. The summed E-state index contributed by atoms with van der Waals surface area (Å²) in [6.45, 7) is 4.36. The molecule has 0 heterocycles. The van der Waals surface area contributed by atoms with Crippen LogP contribution < -0.4 is 5.32 Å². The van der Waals surface area contributed by atoms with Crippen LogP contribution in [0.2, 0.25) is 5.02 Å². The topological polar surface area (TPSA) is 12.0 Å². The van der Waals surface area contributed by atoms with Gasteiger partial charge in [0.25, 0.3) is 0 Å². The molecule has 112 valence electrons. The molecule has 21 heavy (non-hydrogen) atoms. The van der Waals surface area contributed by atoms with E-state index in [9.17, 15) is 0 Å². The average molecular weight is 432 g/mol. The summed E-state index contributed by atoms with van der Waals surface area (Å²) in [7, 11) is 0. The Kier molecular flexibility index (Phi) is 6.30. The Morgan fingerprint density at radius 3 is 2.48 bits per heavy atom. The van der Waals surface area contributed by atoms with E-state index in [2.05, 4.69) is 75.3 Å². The van der Waals surface area contributed by atoms with E-state index in [0.717, 1.165) is 20.4 Å². The first kappa shape index (κ1) is 17.0. The predicted molar refractivity (Wildman–Crippen MR) is 98.0 cm³/mol. The van der Waals surface area contributed by atoms with Crippen molar-refractivity contribution in [1.82, 2.24) is 5.32 Å². The molecule has 2 rings (SSSR count). The second kappa shape index (κ2) is 7.77. The number of benzene rings is 2. The van der Waals surface area contributed by atoms with E-state index in [-0.39, 0.29) is 6.04 Å². The quantitative estimate of drug-likeness (QED) is 0.599. The second-order valence-corrected chi connectivity index (χ2v) is 7.43. The zero-order valence-electron chi connectivity index (χ0n) is 12.0. The number of hydrogen-bond donors (Lipinski definition) is 1. The van der Waals surface area contributed by atoms with Crippen molar-refractivity contribution in [3.63, 3.8) is 0 Å². The highest BCUT2D eigenvalue weighted by Gasteiger charge is 2.13. The van der Waals surface area contributed by atoms with Gasteiger partial charge in [0, 0.05) is 26.1 Å². The van der Waals surface area contributed by atoms with E-state index < -0.39 is 0 Å². The maximum atomic E-state index is 6.22. The summed E-state index contributed by atoms with van der Waals surface area (Å²) in [6, 6.07) is 14.9. The maximum absolute atomic E-state index is 6.22. The summed E-state index contributed by atoms with van der Waals surface area (Å²) in [5.74, 6) is 0. The van der Waals surface area contributed by atoms with Crippen molar-refractivity contribution in [3.8, 4) is 0 Å². The van der Waals surface area contributed by atoms with Gasteiger partial charge in [-0.2, -0.15) is 0 Å². The third-order valence-corrected chi connectivity index (χ3v) is 5.00. The second-order valence-electron chi connectivity index (χ2n) is 5.25. The predicted octanol–water partition coefficient (Wildman–Crippen LogP) is 6.15. The first-order valence-corrected chi connectivity index (χ1v) is 8.88. The number of nitrogens with one attached hydrogen (secondary N) is 1. The molecule has 2 aromatic rings. The molecule has 0 amide bonds. The molecule has 1 nitrogen and oxygen atoms in total. The fourth-order valence-electron chi connectivity index (χ4n) is 2.42. The van der Waals surface area contributed by atoms with Crippen LogP contribution in [0.3, 0.4) is 0 Å². The van der Waals surface area contributed by atoms with Crippen LogP contribution in [0.1, 0.15) is 31.0 Å². The van der Waals surface area contributed by atoms with Gasteiger partial charge >= 0.3 is 0 Å². The van der Waals surface area contributed by atoms with Crippen molar-refractivity contribution in [2.24, 2.45) is 0 Å². The Morgan fingerprint density at radius 2 is 1.81 bits per heavy atom. The zero-order chi connectivity index (χ0) is 15.4. The van der Waals surface area contributed by atoms with Crippen LogP contribution in [0.15, 0.2) is 51.4 Å². The molecule has 0 aromatic heterocycles. The van der Waals surface area contributed by atoms with Crippen LogP contribution in [0, 0.1) is 0 Å². The molecule has 0 bridgehead atoms. The monoisotopic (exact) mass is 429 g/mol. The molecule has 0 aliphatic carbocycles. The summed E-state index contributed by atoms with van der Waals surface area (Å²) < 4.78 is 2.19. The highest BCUT2D eigenvalue weighted by atomic mass is 79.9. The van der Waals surface area contributed by atoms with Crippen molar-refractivity contribution < 1.29 is 0 Å². The number of halogens is 3. The Hall–Kier alpha value is -0.350. The molecule has 0 aliphatic rings. The molecule has 2 atom stereocenters. The van der Waals surface area contributed by atoms with Gasteiger partial charge in [-0.1, -0.05) is 67.7 Å². The van der Waals surface area contributed by atoms with Gasteiger partial charge in [-0.15, -0.1) is 0 Å². The third-order valence-electron chi connectivity index (χ3n) is 3.45. The number of hydrogen-bond acceptors (Lipinski definition) is 1. The van der Waals surface area contributed by atoms with E-state index in [0.29, 0.717) is 6.04 Å². The normalized spacial score (nSPS) is 14.0. The van der Waals surface area contributed by atoms with Gasteiger partial charge in [-0.05, 0) is 49.6 Å². The first-order valence-electron chi connectivity index (χ1n) is 6.91. The van der Waals surface area contributed by atoms with Gasteiger partial charge in [-0.25, -0.2) is 0 Å². The molecular formula is C17H18Br2ClN. The number of rotatable bonds is 5. The fraction of sp³-hybridized carbons (Fsp3) is 0.294. The van der Waals surface area contributed by atoms with E-state index in [1.807, 2.05) is 18.2 Å². The first-order chi connectivity index (χ1) is 9.97. The van der Waals surface area contributed by atoms with Gasteiger partial charge in [0.2, 0.25) is 0 Å². The van der Waals surface area contributed by atoms with E-state index in [1.54, 1.807) is 0 Å². The largest absolute Gasteiger partial charge is 0.307 e. The van der Waals surface area contributed by atoms with Gasteiger partial charge in [0.05, 0.1) is 0 Å². The van der Waals surface area contributed by atoms with Crippen molar-refractivity contribution in [2.75, 3.05) is 0 Å². The summed E-state index contributed by atoms with van der Waals surface area (Å²) in [5, 5.41) is 4.46. The standard InChI is InChI=1S/C17H18Br2ClN/c1-11(9-13-5-3-4-6-17(13)20)21-12(2)15-8-7-14(18)10-16(15)19/h3-8,10-12,21H,9H2,1-2H3.